The van der Waals surface area contributed by atoms with E-state index in [4.69, 9.17) is 14.2 Å². The second kappa shape index (κ2) is 8.51. The molecule has 3 rings (SSSR count). The number of hydrogen-bond donors (Lipinski definition) is 2. The van der Waals surface area contributed by atoms with E-state index in [1.807, 2.05) is 0 Å². The Morgan fingerprint density at radius 1 is 0.964 bits per heavy atom. The number of methoxy groups -OCH3 is 3. The van der Waals surface area contributed by atoms with E-state index in [-0.39, 0.29) is 5.91 Å². The van der Waals surface area contributed by atoms with Crippen molar-refractivity contribution in [2.45, 2.75) is 12.8 Å². The maximum atomic E-state index is 12.4. The summed E-state index contributed by atoms with van der Waals surface area (Å²) in [5.74, 6) is 1.73. The predicted molar refractivity (Wildman–Crippen MR) is 107 cm³/mol. The zero-order valence-corrected chi connectivity index (χ0v) is 16.1. The molecule has 1 aliphatic rings. The van der Waals surface area contributed by atoms with Gasteiger partial charge in [-0.1, -0.05) is 0 Å². The van der Waals surface area contributed by atoms with Gasteiger partial charge in [0.05, 0.1) is 32.7 Å². The number of rotatable bonds is 6. The molecule has 0 spiro atoms. The third-order valence-corrected chi connectivity index (χ3v) is 4.46. The molecule has 2 aromatic rings. The number of benzene rings is 2. The van der Waals surface area contributed by atoms with Crippen molar-refractivity contribution in [2.24, 2.45) is 0 Å². The Balaban J connectivity index is 1.76. The molecule has 8 nitrogen and oxygen atoms in total. The zero-order chi connectivity index (χ0) is 20.1. The summed E-state index contributed by atoms with van der Waals surface area (Å²) in [6, 6.07) is 9.83. The highest BCUT2D eigenvalue weighted by Crippen LogP contribution is 2.34. The maximum absolute atomic E-state index is 12.4. The van der Waals surface area contributed by atoms with E-state index in [1.54, 1.807) is 55.5 Å². The van der Waals surface area contributed by atoms with E-state index in [1.165, 1.54) is 7.11 Å². The van der Waals surface area contributed by atoms with E-state index >= 15 is 0 Å². The van der Waals surface area contributed by atoms with Crippen LogP contribution in [-0.2, 0) is 4.79 Å². The summed E-state index contributed by atoms with van der Waals surface area (Å²) in [7, 11) is 4.62. The molecule has 0 unspecified atom stereocenters. The first-order valence-corrected chi connectivity index (χ1v) is 8.84. The topological polar surface area (TPSA) is 89.1 Å². The lowest BCUT2D eigenvalue weighted by atomic mass is 10.2. The van der Waals surface area contributed by atoms with E-state index in [2.05, 4.69) is 10.6 Å². The first-order valence-electron chi connectivity index (χ1n) is 8.84. The smallest absolute Gasteiger partial charge is 0.323 e. The fourth-order valence-electron chi connectivity index (χ4n) is 3.07. The van der Waals surface area contributed by atoms with Crippen LogP contribution in [0.1, 0.15) is 12.8 Å². The number of carbonyl (C=O) groups excluding carboxylic acids is 2. The van der Waals surface area contributed by atoms with Crippen molar-refractivity contribution in [3.63, 3.8) is 0 Å². The van der Waals surface area contributed by atoms with Gasteiger partial charge in [0, 0.05) is 24.7 Å². The van der Waals surface area contributed by atoms with Crippen molar-refractivity contribution < 1.29 is 23.8 Å². The number of nitrogens with zero attached hydrogens (tertiary/aromatic N) is 1. The molecule has 0 saturated carbocycles. The second-order valence-corrected chi connectivity index (χ2v) is 6.18. The molecule has 2 N–H and O–H groups in total. The standard InChI is InChI=1S/C20H23N3O5/c1-26-14-7-8-15(18(12-14)28-3)22-20(25)21-13-6-9-17(27-2)16(11-13)23-10-4-5-19(23)24/h6-9,11-12H,4-5,10H2,1-3H3,(H2,21,22,25). The zero-order valence-electron chi connectivity index (χ0n) is 16.1. The van der Waals surface area contributed by atoms with Crippen LogP contribution in [0.3, 0.4) is 0 Å². The Morgan fingerprint density at radius 2 is 1.75 bits per heavy atom. The van der Waals surface area contributed by atoms with Gasteiger partial charge in [0.1, 0.15) is 17.2 Å². The van der Waals surface area contributed by atoms with Crippen LogP contribution in [0.4, 0.5) is 21.9 Å². The predicted octanol–water partition coefficient (Wildman–Crippen LogP) is 3.48. The van der Waals surface area contributed by atoms with Crippen molar-refractivity contribution >= 4 is 29.0 Å². The summed E-state index contributed by atoms with van der Waals surface area (Å²) < 4.78 is 15.8. The molecule has 2 aromatic carbocycles. The van der Waals surface area contributed by atoms with Crippen molar-refractivity contribution in [2.75, 3.05) is 43.4 Å². The Hall–Kier alpha value is -3.42. The van der Waals surface area contributed by atoms with Crippen molar-refractivity contribution in [1.29, 1.82) is 0 Å². The lowest BCUT2D eigenvalue weighted by Crippen LogP contribution is -2.25. The Bertz CT molecular complexity index is 884. The number of hydrogen-bond acceptors (Lipinski definition) is 5. The van der Waals surface area contributed by atoms with Gasteiger partial charge in [-0.2, -0.15) is 0 Å². The van der Waals surface area contributed by atoms with E-state index in [9.17, 15) is 9.59 Å². The molecule has 0 radical (unpaired) electrons. The van der Waals surface area contributed by atoms with Crippen LogP contribution in [0.2, 0.25) is 0 Å². The van der Waals surface area contributed by atoms with Gasteiger partial charge in [-0.05, 0) is 36.8 Å². The minimum Gasteiger partial charge on any atom is -0.497 e. The van der Waals surface area contributed by atoms with E-state index < -0.39 is 6.03 Å². The quantitative estimate of drug-likeness (QED) is 0.795. The van der Waals surface area contributed by atoms with Crippen molar-refractivity contribution in [1.82, 2.24) is 0 Å². The van der Waals surface area contributed by atoms with Gasteiger partial charge in [-0.25, -0.2) is 4.79 Å². The Kier molecular flexibility index (Phi) is 5.88. The van der Waals surface area contributed by atoms with Gasteiger partial charge in [0.15, 0.2) is 0 Å². The number of amides is 3. The highest BCUT2D eigenvalue weighted by atomic mass is 16.5. The summed E-state index contributed by atoms with van der Waals surface area (Å²) in [6.07, 6.45) is 1.32. The number of urea groups is 1. The summed E-state index contributed by atoms with van der Waals surface area (Å²) in [6.45, 7) is 0.633. The van der Waals surface area contributed by atoms with Gasteiger partial charge in [0.25, 0.3) is 0 Å². The normalized spacial score (nSPS) is 13.2. The maximum Gasteiger partial charge on any atom is 0.323 e. The Labute approximate surface area is 163 Å². The minimum absolute atomic E-state index is 0.0443. The number of carbonyl (C=O) groups is 2. The lowest BCUT2D eigenvalue weighted by Gasteiger charge is -2.20. The number of anilines is 3. The van der Waals surface area contributed by atoms with Crippen LogP contribution in [0, 0.1) is 0 Å². The van der Waals surface area contributed by atoms with Gasteiger partial charge in [0.2, 0.25) is 5.91 Å². The first kappa shape index (κ1) is 19.3. The van der Waals surface area contributed by atoms with Crippen LogP contribution in [0.25, 0.3) is 0 Å². The van der Waals surface area contributed by atoms with Crippen LogP contribution in [-0.4, -0.2) is 39.8 Å². The number of ether oxygens (including phenoxy) is 3. The van der Waals surface area contributed by atoms with Crippen LogP contribution >= 0.6 is 0 Å². The van der Waals surface area contributed by atoms with E-state index in [0.29, 0.717) is 47.3 Å². The summed E-state index contributed by atoms with van der Waals surface area (Å²) in [5, 5.41) is 5.52. The van der Waals surface area contributed by atoms with Crippen LogP contribution in [0.15, 0.2) is 36.4 Å². The van der Waals surface area contributed by atoms with Gasteiger partial charge in [-0.15, -0.1) is 0 Å². The molecular formula is C20H23N3O5. The van der Waals surface area contributed by atoms with Crippen molar-refractivity contribution in [3.05, 3.63) is 36.4 Å². The SMILES string of the molecule is COc1ccc(NC(=O)Nc2ccc(OC)c(N3CCCC3=O)c2)c(OC)c1. The third-order valence-electron chi connectivity index (χ3n) is 4.46. The average molecular weight is 385 g/mol. The molecule has 0 bridgehead atoms. The van der Waals surface area contributed by atoms with Crippen molar-refractivity contribution in [3.8, 4) is 17.2 Å². The largest absolute Gasteiger partial charge is 0.497 e. The van der Waals surface area contributed by atoms with Gasteiger partial charge < -0.3 is 29.7 Å². The first-order chi connectivity index (χ1) is 13.5. The fraction of sp³-hybridized carbons (Fsp3) is 0.300. The monoisotopic (exact) mass is 385 g/mol. The molecule has 1 fully saturated rings. The van der Waals surface area contributed by atoms with E-state index in [0.717, 1.165) is 6.42 Å². The molecule has 1 heterocycles. The number of nitrogens with one attached hydrogen (secondary N) is 2. The summed E-state index contributed by atoms with van der Waals surface area (Å²) in [5.41, 5.74) is 1.69. The molecule has 0 atom stereocenters. The lowest BCUT2D eigenvalue weighted by molar-refractivity contribution is -0.117. The second-order valence-electron chi connectivity index (χ2n) is 6.18. The molecule has 8 heteroatoms. The molecule has 3 amide bonds. The fourth-order valence-corrected chi connectivity index (χ4v) is 3.07. The third kappa shape index (κ3) is 4.11. The highest BCUT2D eigenvalue weighted by Gasteiger charge is 2.25. The Morgan fingerprint density at radius 3 is 2.39 bits per heavy atom. The summed E-state index contributed by atoms with van der Waals surface area (Å²) >= 11 is 0. The highest BCUT2D eigenvalue weighted by molar-refractivity contribution is 6.02. The molecular weight excluding hydrogens is 362 g/mol. The van der Waals surface area contributed by atoms with Gasteiger partial charge in [-0.3, -0.25) is 4.79 Å². The van der Waals surface area contributed by atoms with Gasteiger partial charge >= 0.3 is 6.03 Å². The van der Waals surface area contributed by atoms with Crippen LogP contribution in [0.5, 0.6) is 17.2 Å². The molecule has 1 saturated heterocycles. The molecule has 0 aliphatic carbocycles. The molecule has 148 valence electrons. The summed E-state index contributed by atoms with van der Waals surface area (Å²) in [4.78, 5) is 26.2. The average Bonchev–Trinajstić information content (AvgIpc) is 3.13. The minimum atomic E-state index is -0.438. The molecule has 1 aliphatic heterocycles. The molecule has 28 heavy (non-hydrogen) atoms. The van der Waals surface area contributed by atoms with Crippen LogP contribution < -0.4 is 29.7 Å². The molecule has 0 aromatic heterocycles.